The van der Waals surface area contributed by atoms with E-state index in [1.807, 2.05) is 68.8 Å². The van der Waals surface area contributed by atoms with Crippen LogP contribution in [0.4, 0.5) is 0 Å². The lowest BCUT2D eigenvalue weighted by Crippen LogP contribution is -2.27. The molecule has 0 aliphatic rings. The summed E-state index contributed by atoms with van der Waals surface area (Å²) in [5.41, 5.74) is 3.25. The van der Waals surface area contributed by atoms with Gasteiger partial charge in [0.25, 0.3) is 5.91 Å². The Labute approximate surface area is 141 Å². The van der Waals surface area contributed by atoms with Crippen molar-refractivity contribution >= 4 is 16.9 Å². The second kappa shape index (κ2) is 6.43. The summed E-state index contributed by atoms with van der Waals surface area (Å²) in [6.45, 7) is 7.98. The molecule has 0 unspecified atom stereocenters. The fourth-order valence-corrected chi connectivity index (χ4v) is 2.81. The minimum absolute atomic E-state index is 0.0673. The molecule has 2 heterocycles. The van der Waals surface area contributed by atoms with Crippen molar-refractivity contribution in [2.24, 2.45) is 0 Å². The molecular weight excluding hydrogens is 300 g/mol. The van der Waals surface area contributed by atoms with Crippen LogP contribution in [0.5, 0.6) is 0 Å². The van der Waals surface area contributed by atoms with Crippen LogP contribution in [-0.4, -0.2) is 20.7 Å². The van der Waals surface area contributed by atoms with E-state index >= 15 is 0 Å². The normalized spacial score (nSPS) is 12.5. The molecule has 2 aromatic heterocycles. The number of aryl methyl sites for hydroxylation is 1. The Morgan fingerprint density at radius 2 is 1.88 bits per heavy atom. The average Bonchev–Trinajstić information content (AvgIpc) is 2.98. The van der Waals surface area contributed by atoms with E-state index in [1.165, 1.54) is 0 Å². The van der Waals surface area contributed by atoms with E-state index in [0.717, 1.165) is 22.3 Å². The summed E-state index contributed by atoms with van der Waals surface area (Å²) in [5, 5.41) is 8.24. The maximum absolute atomic E-state index is 12.8. The molecule has 1 atom stereocenters. The molecule has 5 heteroatoms. The molecule has 3 rings (SSSR count). The zero-order valence-corrected chi connectivity index (χ0v) is 14.4. The smallest absolute Gasteiger partial charge is 0.252 e. The van der Waals surface area contributed by atoms with E-state index in [-0.39, 0.29) is 18.0 Å². The van der Waals surface area contributed by atoms with Crippen molar-refractivity contribution in [1.82, 2.24) is 20.1 Å². The molecule has 124 valence electrons. The highest BCUT2D eigenvalue weighted by Gasteiger charge is 2.18. The van der Waals surface area contributed by atoms with Crippen molar-refractivity contribution in [1.29, 1.82) is 0 Å². The number of carbonyl (C=O) groups excluding carboxylic acids is 1. The van der Waals surface area contributed by atoms with Gasteiger partial charge in [-0.2, -0.15) is 5.10 Å². The number of amides is 1. The summed E-state index contributed by atoms with van der Waals surface area (Å²) in [6, 6.07) is 11.9. The largest absolute Gasteiger partial charge is 0.345 e. The van der Waals surface area contributed by atoms with Crippen LogP contribution in [-0.2, 0) is 0 Å². The van der Waals surface area contributed by atoms with Crippen molar-refractivity contribution in [2.45, 2.75) is 39.8 Å². The van der Waals surface area contributed by atoms with E-state index in [9.17, 15) is 4.79 Å². The summed E-state index contributed by atoms with van der Waals surface area (Å²) in [7, 11) is 0. The van der Waals surface area contributed by atoms with Gasteiger partial charge >= 0.3 is 0 Å². The Kier molecular flexibility index (Phi) is 4.34. The van der Waals surface area contributed by atoms with Crippen molar-refractivity contribution in [2.75, 3.05) is 0 Å². The molecule has 0 saturated carbocycles. The summed E-state index contributed by atoms with van der Waals surface area (Å²) in [5.74, 6) is -0.106. The van der Waals surface area contributed by atoms with Gasteiger partial charge in [0.15, 0.2) is 5.65 Å². The lowest BCUT2D eigenvalue weighted by molar-refractivity contribution is 0.0941. The van der Waals surface area contributed by atoms with Gasteiger partial charge in [0.05, 0.1) is 23.2 Å². The molecular formula is C19H22N4O. The molecule has 0 bridgehead atoms. The highest BCUT2D eigenvalue weighted by Crippen LogP contribution is 2.22. The highest BCUT2D eigenvalue weighted by atomic mass is 16.1. The molecule has 1 amide bonds. The molecule has 1 N–H and O–H groups in total. The number of nitrogens with zero attached hydrogens (tertiary/aromatic N) is 3. The van der Waals surface area contributed by atoms with Gasteiger partial charge in [0.1, 0.15) is 0 Å². The first-order valence-corrected chi connectivity index (χ1v) is 8.18. The van der Waals surface area contributed by atoms with Gasteiger partial charge in [-0.25, -0.2) is 9.67 Å². The number of hydrogen-bond donors (Lipinski definition) is 1. The summed E-state index contributed by atoms with van der Waals surface area (Å²) >= 11 is 0. The SMILES string of the molecule is Cc1cc(C(=O)N[C@H](C)c2ccccc2)c2cnn(C(C)C)c2n1. The topological polar surface area (TPSA) is 59.8 Å². The molecule has 0 aliphatic carbocycles. The Balaban J connectivity index is 1.95. The molecule has 24 heavy (non-hydrogen) atoms. The molecule has 3 aromatic rings. The first-order valence-electron chi connectivity index (χ1n) is 8.18. The van der Waals surface area contributed by atoms with E-state index in [4.69, 9.17) is 0 Å². The first kappa shape index (κ1) is 16.2. The van der Waals surface area contributed by atoms with Crippen LogP contribution in [0.15, 0.2) is 42.6 Å². The number of carbonyl (C=O) groups is 1. The average molecular weight is 322 g/mol. The monoisotopic (exact) mass is 322 g/mol. The number of nitrogens with one attached hydrogen (secondary N) is 1. The molecule has 0 saturated heterocycles. The van der Waals surface area contributed by atoms with Gasteiger partial charge in [-0.3, -0.25) is 4.79 Å². The maximum Gasteiger partial charge on any atom is 0.252 e. The van der Waals surface area contributed by atoms with E-state index in [0.29, 0.717) is 5.56 Å². The third-order valence-corrected chi connectivity index (χ3v) is 4.08. The third-order valence-electron chi connectivity index (χ3n) is 4.08. The first-order chi connectivity index (χ1) is 11.5. The predicted molar refractivity (Wildman–Crippen MR) is 95.0 cm³/mol. The maximum atomic E-state index is 12.8. The number of benzene rings is 1. The lowest BCUT2D eigenvalue weighted by atomic mass is 10.1. The Hall–Kier alpha value is -2.69. The minimum Gasteiger partial charge on any atom is -0.345 e. The number of rotatable bonds is 4. The van der Waals surface area contributed by atoms with Crippen LogP contribution in [0.1, 0.15) is 54.5 Å². The van der Waals surface area contributed by atoms with Crippen LogP contribution in [0.3, 0.4) is 0 Å². The molecule has 0 aliphatic heterocycles. The minimum atomic E-state index is -0.106. The van der Waals surface area contributed by atoms with Gasteiger partial charge in [-0.05, 0) is 39.3 Å². The number of hydrogen-bond acceptors (Lipinski definition) is 3. The van der Waals surface area contributed by atoms with E-state index < -0.39 is 0 Å². The van der Waals surface area contributed by atoms with Crippen LogP contribution in [0.2, 0.25) is 0 Å². The highest BCUT2D eigenvalue weighted by molar-refractivity contribution is 6.05. The Morgan fingerprint density at radius 1 is 1.17 bits per heavy atom. The second-order valence-corrected chi connectivity index (χ2v) is 6.34. The van der Waals surface area contributed by atoms with Crippen molar-refractivity contribution in [3.63, 3.8) is 0 Å². The quantitative estimate of drug-likeness (QED) is 0.794. The summed E-state index contributed by atoms with van der Waals surface area (Å²) < 4.78 is 1.85. The van der Waals surface area contributed by atoms with Gasteiger partial charge in [0.2, 0.25) is 0 Å². The molecule has 0 fully saturated rings. The molecule has 1 aromatic carbocycles. The lowest BCUT2D eigenvalue weighted by Gasteiger charge is -2.15. The predicted octanol–water partition coefficient (Wildman–Crippen LogP) is 3.81. The molecule has 0 radical (unpaired) electrons. The van der Waals surface area contributed by atoms with E-state index in [2.05, 4.69) is 15.4 Å². The van der Waals surface area contributed by atoms with Crippen LogP contribution >= 0.6 is 0 Å². The fraction of sp³-hybridized carbons (Fsp3) is 0.316. The van der Waals surface area contributed by atoms with Crippen LogP contribution in [0.25, 0.3) is 11.0 Å². The Morgan fingerprint density at radius 3 is 2.54 bits per heavy atom. The van der Waals surface area contributed by atoms with Crippen molar-refractivity contribution in [3.8, 4) is 0 Å². The summed E-state index contributed by atoms with van der Waals surface area (Å²) in [6.07, 6.45) is 1.73. The Bertz CT molecular complexity index is 868. The van der Waals surface area contributed by atoms with Gasteiger partial charge in [-0.1, -0.05) is 30.3 Å². The third kappa shape index (κ3) is 3.02. The zero-order chi connectivity index (χ0) is 17.3. The number of pyridine rings is 1. The van der Waals surface area contributed by atoms with Crippen LogP contribution < -0.4 is 5.32 Å². The summed E-state index contributed by atoms with van der Waals surface area (Å²) in [4.78, 5) is 17.4. The van der Waals surface area contributed by atoms with Crippen molar-refractivity contribution < 1.29 is 4.79 Å². The fourth-order valence-electron chi connectivity index (χ4n) is 2.81. The molecule has 0 spiro atoms. The second-order valence-electron chi connectivity index (χ2n) is 6.34. The van der Waals surface area contributed by atoms with Gasteiger partial charge in [-0.15, -0.1) is 0 Å². The molecule has 5 nitrogen and oxygen atoms in total. The van der Waals surface area contributed by atoms with Crippen molar-refractivity contribution in [3.05, 3.63) is 59.4 Å². The zero-order valence-electron chi connectivity index (χ0n) is 14.4. The number of fused-ring (bicyclic) bond motifs is 1. The number of aromatic nitrogens is 3. The van der Waals surface area contributed by atoms with Crippen LogP contribution in [0, 0.1) is 6.92 Å². The van der Waals surface area contributed by atoms with Gasteiger partial charge < -0.3 is 5.32 Å². The standard InChI is InChI=1S/C19H22N4O/c1-12(2)23-18-17(11-20-23)16(10-13(3)21-18)19(24)22-14(4)15-8-6-5-7-9-15/h5-12,14H,1-4H3,(H,22,24)/t14-/m1/s1. The van der Waals surface area contributed by atoms with E-state index in [1.54, 1.807) is 6.20 Å². The van der Waals surface area contributed by atoms with Gasteiger partial charge in [0, 0.05) is 11.7 Å².